The van der Waals surface area contributed by atoms with E-state index in [1.54, 1.807) is 0 Å². The van der Waals surface area contributed by atoms with E-state index in [0.717, 1.165) is 12.8 Å². The molecule has 13 heavy (non-hydrogen) atoms. The third-order valence-corrected chi connectivity index (χ3v) is 2.61. The number of terminal acetylenes is 1. The summed E-state index contributed by atoms with van der Waals surface area (Å²) in [5.74, 6) is 2.66. The Balaban J connectivity index is 2.32. The van der Waals surface area contributed by atoms with Crippen molar-refractivity contribution in [3.63, 3.8) is 0 Å². The van der Waals surface area contributed by atoms with E-state index in [1.165, 1.54) is 31.4 Å². The maximum Gasteiger partial charge on any atom is 0.0276 e. The highest BCUT2D eigenvalue weighted by Gasteiger charge is 2.12. The van der Waals surface area contributed by atoms with Gasteiger partial charge in [-0.25, -0.2) is 0 Å². The van der Waals surface area contributed by atoms with Crippen LogP contribution >= 0.6 is 0 Å². The zero-order valence-electron chi connectivity index (χ0n) is 8.47. The molecule has 0 bridgehead atoms. The van der Waals surface area contributed by atoms with E-state index in [0.29, 0.717) is 6.04 Å². The number of hydrogen-bond acceptors (Lipinski definition) is 1. The molecular weight excluding hydrogens is 158 g/mol. The molecule has 0 aromatic carbocycles. The molecule has 0 saturated carbocycles. The fourth-order valence-electron chi connectivity index (χ4n) is 1.77. The standard InChI is InChI=1S/C12H19N/c1-3-4-5-8-11(2)12-9-6-7-10-13-12/h1,8,12-13H,4-7,9-10H2,2H3/b11-8+. The van der Waals surface area contributed by atoms with Gasteiger partial charge in [-0.05, 0) is 32.7 Å². The summed E-state index contributed by atoms with van der Waals surface area (Å²) in [6, 6.07) is 0.617. The van der Waals surface area contributed by atoms with Gasteiger partial charge in [-0.2, -0.15) is 0 Å². The minimum Gasteiger partial charge on any atom is -0.310 e. The van der Waals surface area contributed by atoms with Gasteiger partial charge in [0.1, 0.15) is 0 Å². The van der Waals surface area contributed by atoms with Crippen LogP contribution in [0, 0.1) is 12.3 Å². The molecular formula is C12H19N. The summed E-state index contributed by atoms with van der Waals surface area (Å²) in [6.45, 7) is 3.38. The lowest BCUT2D eigenvalue weighted by atomic mass is 9.97. The van der Waals surface area contributed by atoms with Crippen LogP contribution in [0.25, 0.3) is 0 Å². The first-order chi connectivity index (χ1) is 6.34. The van der Waals surface area contributed by atoms with E-state index in [2.05, 4.69) is 24.2 Å². The molecule has 1 unspecified atom stereocenters. The van der Waals surface area contributed by atoms with E-state index >= 15 is 0 Å². The molecule has 0 radical (unpaired) electrons. The third-order valence-electron chi connectivity index (χ3n) is 2.61. The van der Waals surface area contributed by atoms with Crippen molar-refractivity contribution < 1.29 is 0 Å². The maximum absolute atomic E-state index is 5.20. The quantitative estimate of drug-likeness (QED) is 0.397. The van der Waals surface area contributed by atoms with E-state index in [9.17, 15) is 0 Å². The molecule has 1 saturated heterocycles. The van der Waals surface area contributed by atoms with Crippen LogP contribution in [0.1, 0.15) is 39.0 Å². The van der Waals surface area contributed by atoms with Crippen LogP contribution in [0.15, 0.2) is 11.6 Å². The SMILES string of the molecule is C#CCC/C=C(\C)C1CCCCN1. The monoisotopic (exact) mass is 177 g/mol. The van der Waals surface area contributed by atoms with Crippen molar-refractivity contribution in [2.45, 2.75) is 45.1 Å². The number of nitrogens with one attached hydrogen (secondary N) is 1. The van der Waals surface area contributed by atoms with Gasteiger partial charge in [0, 0.05) is 12.5 Å². The summed E-state index contributed by atoms with van der Waals surface area (Å²) in [4.78, 5) is 0. The van der Waals surface area contributed by atoms with Crippen LogP contribution in [0.4, 0.5) is 0 Å². The van der Waals surface area contributed by atoms with Gasteiger partial charge in [0.15, 0.2) is 0 Å². The van der Waals surface area contributed by atoms with E-state index < -0.39 is 0 Å². The number of allylic oxidation sites excluding steroid dienone is 1. The highest BCUT2D eigenvalue weighted by molar-refractivity contribution is 5.09. The second-order valence-electron chi connectivity index (χ2n) is 3.69. The molecule has 1 heterocycles. The van der Waals surface area contributed by atoms with Gasteiger partial charge in [-0.3, -0.25) is 0 Å². The number of rotatable bonds is 3. The molecule has 1 nitrogen and oxygen atoms in total. The maximum atomic E-state index is 5.20. The highest BCUT2D eigenvalue weighted by Crippen LogP contribution is 2.14. The van der Waals surface area contributed by atoms with Crippen molar-refractivity contribution in [2.75, 3.05) is 6.54 Å². The predicted octanol–water partition coefficient (Wildman–Crippen LogP) is 2.49. The van der Waals surface area contributed by atoms with E-state index in [4.69, 9.17) is 6.42 Å². The highest BCUT2D eigenvalue weighted by atomic mass is 14.9. The lowest BCUT2D eigenvalue weighted by Crippen LogP contribution is -2.34. The molecule has 1 atom stereocenters. The zero-order valence-corrected chi connectivity index (χ0v) is 8.47. The summed E-state index contributed by atoms with van der Waals surface area (Å²) in [6.07, 6.45) is 13.3. The van der Waals surface area contributed by atoms with Crippen molar-refractivity contribution in [2.24, 2.45) is 0 Å². The Labute approximate surface area is 81.6 Å². The number of unbranched alkanes of at least 4 members (excludes halogenated alkanes) is 1. The minimum atomic E-state index is 0.617. The Morgan fingerprint density at radius 1 is 1.62 bits per heavy atom. The van der Waals surface area contributed by atoms with Crippen LogP contribution in [0.5, 0.6) is 0 Å². The van der Waals surface area contributed by atoms with Crippen molar-refractivity contribution in [1.29, 1.82) is 0 Å². The van der Waals surface area contributed by atoms with E-state index in [-0.39, 0.29) is 0 Å². The molecule has 0 amide bonds. The summed E-state index contributed by atoms with van der Waals surface area (Å²) in [7, 11) is 0. The van der Waals surface area contributed by atoms with Gasteiger partial charge in [-0.15, -0.1) is 12.3 Å². The fourth-order valence-corrected chi connectivity index (χ4v) is 1.77. The Morgan fingerprint density at radius 3 is 3.08 bits per heavy atom. The lowest BCUT2D eigenvalue weighted by Gasteiger charge is -2.24. The van der Waals surface area contributed by atoms with Gasteiger partial charge in [0.05, 0.1) is 0 Å². The number of hydrogen-bond donors (Lipinski definition) is 1. The van der Waals surface area contributed by atoms with Gasteiger partial charge in [0.25, 0.3) is 0 Å². The molecule has 1 rings (SSSR count). The van der Waals surface area contributed by atoms with Crippen molar-refractivity contribution in [1.82, 2.24) is 5.32 Å². The molecule has 1 heteroatoms. The Hall–Kier alpha value is -0.740. The third kappa shape index (κ3) is 3.65. The van der Waals surface area contributed by atoms with Crippen LogP contribution in [0.2, 0.25) is 0 Å². The lowest BCUT2D eigenvalue weighted by molar-refractivity contribution is 0.439. The number of piperidine rings is 1. The van der Waals surface area contributed by atoms with Crippen LogP contribution < -0.4 is 5.32 Å². The molecule has 0 aromatic rings. The van der Waals surface area contributed by atoms with Gasteiger partial charge >= 0.3 is 0 Å². The van der Waals surface area contributed by atoms with Crippen molar-refractivity contribution >= 4 is 0 Å². The molecule has 72 valence electrons. The normalized spacial score (nSPS) is 24.0. The summed E-state index contributed by atoms with van der Waals surface area (Å²) in [5.41, 5.74) is 1.47. The first kappa shape index (κ1) is 10.3. The molecule has 0 aliphatic carbocycles. The van der Waals surface area contributed by atoms with Crippen LogP contribution in [-0.2, 0) is 0 Å². The van der Waals surface area contributed by atoms with Gasteiger partial charge in [-0.1, -0.05) is 18.1 Å². The minimum absolute atomic E-state index is 0.617. The van der Waals surface area contributed by atoms with Gasteiger partial charge in [0.2, 0.25) is 0 Å². The average Bonchev–Trinajstić information content (AvgIpc) is 2.19. The molecule has 1 aliphatic rings. The molecule has 1 aliphatic heterocycles. The zero-order chi connectivity index (χ0) is 9.52. The molecule has 1 N–H and O–H groups in total. The van der Waals surface area contributed by atoms with Crippen molar-refractivity contribution in [3.8, 4) is 12.3 Å². The smallest absolute Gasteiger partial charge is 0.0276 e. The van der Waals surface area contributed by atoms with Crippen LogP contribution in [-0.4, -0.2) is 12.6 Å². The molecule has 1 fully saturated rings. The fraction of sp³-hybridized carbons (Fsp3) is 0.667. The summed E-state index contributed by atoms with van der Waals surface area (Å²) < 4.78 is 0. The summed E-state index contributed by atoms with van der Waals surface area (Å²) in [5, 5.41) is 3.53. The Bertz CT molecular complexity index is 204. The van der Waals surface area contributed by atoms with Crippen LogP contribution in [0.3, 0.4) is 0 Å². The van der Waals surface area contributed by atoms with Gasteiger partial charge < -0.3 is 5.32 Å². The second-order valence-corrected chi connectivity index (χ2v) is 3.69. The largest absolute Gasteiger partial charge is 0.310 e. The summed E-state index contributed by atoms with van der Waals surface area (Å²) >= 11 is 0. The topological polar surface area (TPSA) is 12.0 Å². The van der Waals surface area contributed by atoms with Crippen molar-refractivity contribution in [3.05, 3.63) is 11.6 Å². The molecule has 0 aromatic heterocycles. The Kier molecular flexibility index (Phi) is 4.64. The predicted molar refractivity (Wildman–Crippen MR) is 57.5 cm³/mol. The second kappa shape index (κ2) is 5.83. The first-order valence-corrected chi connectivity index (χ1v) is 5.18. The molecule has 0 spiro atoms. The first-order valence-electron chi connectivity index (χ1n) is 5.18. The Morgan fingerprint density at radius 2 is 2.46 bits per heavy atom. The average molecular weight is 177 g/mol. The van der Waals surface area contributed by atoms with E-state index in [1.807, 2.05) is 0 Å².